The molecule has 1 N–H and O–H groups in total. The second-order valence-electron chi connectivity index (χ2n) is 3.92. The summed E-state index contributed by atoms with van der Waals surface area (Å²) in [6.07, 6.45) is 0. The Hall–Kier alpha value is -2.17. The summed E-state index contributed by atoms with van der Waals surface area (Å²) in [6, 6.07) is 8.38. The van der Waals surface area contributed by atoms with E-state index in [1.807, 2.05) is 0 Å². The van der Waals surface area contributed by atoms with E-state index in [1.54, 1.807) is 50.2 Å². The lowest BCUT2D eigenvalue weighted by Gasteiger charge is -2.19. The van der Waals surface area contributed by atoms with E-state index in [4.69, 9.17) is 0 Å². The van der Waals surface area contributed by atoms with Crippen LogP contribution in [0.15, 0.2) is 30.3 Å². The fourth-order valence-electron chi connectivity index (χ4n) is 1.70. The van der Waals surface area contributed by atoms with Gasteiger partial charge in [0.1, 0.15) is 23.3 Å². The first kappa shape index (κ1) is 12.3. The zero-order valence-corrected chi connectivity index (χ0v) is 10.6. The minimum atomic E-state index is -0.276. The number of nitrogens with one attached hydrogen (secondary N) is 1. The lowest BCUT2D eigenvalue weighted by molar-refractivity contribution is 0.627. The smallest absolute Gasteiger partial charge is 0.146 e. The zero-order chi connectivity index (χ0) is 13.1. The minimum absolute atomic E-state index is 0.276. The number of hydrogen-bond acceptors (Lipinski definition) is 4. The van der Waals surface area contributed by atoms with Crippen molar-refractivity contribution in [2.75, 3.05) is 24.3 Å². The number of anilines is 3. The first-order valence-corrected chi connectivity index (χ1v) is 5.63. The fourth-order valence-corrected chi connectivity index (χ4v) is 1.70. The topological polar surface area (TPSA) is 41.0 Å². The number of nitrogens with zero attached hydrogens (tertiary/aromatic N) is 3. The molecule has 0 amide bonds. The molecule has 0 saturated carbocycles. The van der Waals surface area contributed by atoms with Crippen molar-refractivity contribution in [1.82, 2.24) is 9.97 Å². The van der Waals surface area contributed by atoms with Crippen molar-refractivity contribution in [2.24, 2.45) is 0 Å². The lowest BCUT2D eigenvalue weighted by atomic mass is 10.3. The Balaban J connectivity index is 2.43. The van der Waals surface area contributed by atoms with Crippen molar-refractivity contribution in [2.45, 2.75) is 6.92 Å². The van der Waals surface area contributed by atoms with Crippen LogP contribution in [0.1, 0.15) is 5.82 Å². The van der Waals surface area contributed by atoms with Crippen LogP contribution in [0.3, 0.4) is 0 Å². The van der Waals surface area contributed by atoms with Gasteiger partial charge in [0, 0.05) is 20.2 Å². The van der Waals surface area contributed by atoms with Crippen molar-refractivity contribution >= 4 is 17.3 Å². The molecule has 4 nitrogen and oxygen atoms in total. The number of hydrogen-bond donors (Lipinski definition) is 1. The predicted octanol–water partition coefficient (Wildman–Crippen LogP) is 2.73. The highest BCUT2D eigenvalue weighted by atomic mass is 19.1. The van der Waals surface area contributed by atoms with E-state index in [1.165, 1.54) is 6.07 Å². The van der Waals surface area contributed by atoms with Crippen LogP contribution in [0.25, 0.3) is 0 Å². The maximum atomic E-state index is 13.7. The molecule has 0 aliphatic carbocycles. The Labute approximate surface area is 105 Å². The molecule has 0 bridgehead atoms. The van der Waals surface area contributed by atoms with Gasteiger partial charge in [-0.15, -0.1) is 0 Å². The third-order valence-electron chi connectivity index (χ3n) is 2.64. The number of benzene rings is 1. The van der Waals surface area contributed by atoms with Crippen LogP contribution < -0.4 is 10.2 Å². The molecule has 0 spiro atoms. The van der Waals surface area contributed by atoms with Gasteiger partial charge in [-0.25, -0.2) is 14.4 Å². The van der Waals surface area contributed by atoms with Crippen LogP contribution in [-0.4, -0.2) is 24.1 Å². The monoisotopic (exact) mass is 246 g/mol. The van der Waals surface area contributed by atoms with Gasteiger partial charge in [-0.1, -0.05) is 12.1 Å². The average Bonchev–Trinajstić information content (AvgIpc) is 2.37. The summed E-state index contributed by atoms with van der Waals surface area (Å²) in [6.45, 7) is 1.81. The van der Waals surface area contributed by atoms with E-state index < -0.39 is 0 Å². The highest BCUT2D eigenvalue weighted by Crippen LogP contribution is 2.25. The summed E-state index contributed by atoms with van der Waals surface area (Å²) < 4.78 is 13.7. The van der Waals surface area contributed by atoms with E-state index in [-0.39, 0.29) is 5.82 Å². The van der Waals surface area contributed by atoms with Crippen molar-refractivity contribution in [3.05, 3.63) is 42.0 Å². The SMILES string of the molecule is CNc1cc(N(C)c2ccccc2F)nc(C)n1. The Morgan fingerprint density at radius 3 is 2.61 bits per heavy atom. The van der Waals surface area contributed by atoms with E-state index >= 15 is 0 Å². The van der Waals surface area contributed by atoms with Crippen LogP contribution in [0, 0.1) is 12.7 Å². The van der Waals surface area contributed by atoms with Gasteiger partial charge in [0.2, 0.25) is 0 Å². The van der Waals surface area contributed by atoms with Gasteiger partial charge in [0.25, 0.3) is 0 Å². The zero-order valence-electron chi connectivity index (χ0n) is 10.6. The molecule has 0 aliphatic rings. The van der Waals surface area contributed by atoms with Crippen LogP contribution >= 0.6 is 0 Å². The average molecular weight is 246 g/mol. The summed E-state index contributed by atoms with van der Waals surface area (Å²) in [5.74, 6) is 1.72. The molecule has 0 fully saturated rings. The van der Waals surface area contributed by atoms with Gasteiger partial charge in [-0.2, -0.15) is 0 Å². The standard InChI is InChI=1S/C13H15FN4/c1-9-16-12(15-2)8-13(17-9)18(3)11-7-5-4-6-10(11)14/h4-8H,1-3H3,(H,15,16,17). The molecule has 0 atom stereocenters. The third-order valence-corrected chi connectivity index (χ3v) is 2.64. The Morgan fingerprint density at radius 1 is 1.22 bits per heavy atom. The normalized spacial score (nSPS) is 10.2. The molecule has 1 aromatic heterocycles. The summed E-state index contributed by atoms with van der Waals surface area (Å²) in [7, 11) is 3.56. The molecule has 94 valence electrons. The van der Waals surface area contributed by atoms with Gasteiger partial charge >= 0.3 is 0 Å². The van der Waals surface area contributed by atoms with Crippen molar-refractivity contribution < 1.29 is 4.39 Å². The molecule has 0 saturated heterocycles. The van der Waals surface area contributed by atoms with Crippen LogP contribution in [0.4, 0.5) is 21.7 Å². The highest BCUT2D eigenvalue weighted by molar-refractivity contribution is 5.62. The van der Waals surface area contributed by atoms with Gasteiger partial charge in [0.05, 0.1) is 5.69 Å². The van der Waals surface area contributed by atoms with E-state index in [9.17, 15) is 4.39 Å². The summed E-state index contributed by atoms with van der Waals surface area (Å²) in [5, 5.41) is 2.96. The number of para-hydroxylation sites is 1. The Kier molecular flexibility index (Phi) is 3.41. The van der Waals surface area contributed by atoms with E-state index in [0.717, 1.165) is 0 Å². The Morgan fingerprint density at radius 2 is 1.94 bits per heavy atom. The molecule has 0 aliphatic heterocycles. The number of rotatable bonds is 3. The van der Waals surface area contributed by atoms with Crippen molar-refractivity contribution in [3.63, 3.8) is 0 Å². The van der Waals surface area contributed by atoms with Gasteiger partial charge in [-0.05, 0) is 19.1 Å². The van der Waals surface area contributed by atoms with Gasteiger partial charge in [-0.3, -0.25) is 0 Å². The predicted molar refractivity (Wildman–Crippen MR) is 70.8 cm³/mol. The number of aromatic nitrogens is 2. The maximum Gasteiger partial charge on any atom is 0.146 e. The van der Waals surface area contributed by atoms with Crippen LogP contribution in [-0.2, 0) is 0 Å². The molecule has 1 aromatic carbocycles. The third kappa shape index (κ3) is 2.40. The molecule has 1 heterocycles. The molecule has 2 rings (SSSR count). The van der Waals surface area contributed by atoms with Gasteiger partial charge < -0.3 is 10.2 Å². The molecule has 18 heavy (non-hydrogen) atoms. The van der Waals surface area contributed by atoms with Crippen molar-refractivity contribution in [1.29, 1.82) is 0 Å². The van der Waals surface area contributed by atoms with Crippen molar-refractivity contribution in [3.8, 4) is 0 Å². The van der Waals surface area contributed by atoms with E-state index in [2.05, 4.69) is 15.3 Å². The second-order valence-corrected chi connectivity index (χ2v) is 3.92. The number of aryl methyl sites for hydroxylation is 1. The second kappa shape index (κ2) is 5.00. The van der Waals surface area contributed by atoms with Crippen LogP contribution in [0.2, 0.25) is 0 Å². The first-order valence-electron chi connectivity index (χ1n) is 5.63. The minimum Gasteiger partial charge on any atom is -0.373 e. The van der Waals surface area contributed by atoms with Crippen LogP contribution in [0.5, 0.6) is 0 Å². The maximum absolute atomic E-state index is 13.7. The molecular weight excluding hydrogens is 231 g/mol. The summed E-state index contributed by atoms with van der Waals surface area (Å²) in [4.78, 5) is 10.2. The summed E-state index contributed by atoms with van der Waals surface area (Å²) in [5.41, 5.74) is 0.484. The molecule has 5 heteroatoms. The lowest BCUT2D eigenvalue weighted by Crippen LogP contribution is -2.14. The summed E-state index contributed by atoms with van der Waals surface area (Å²) >= 11 is 0. The number of halogens is 1. The largest absolute Gasteiger partial charge is 0.373 e. The molecule has 0 unspecified atom stereocenters. The quantitative estimate of drug-likeness (QED) is 0.904. The first-order chi connectivity index (χ1) is 8.61. The molecule has 2 aromatic rings. The molecular formula is C13H15FN4. The fraction of sp³-hybridized carbons (Fsp3) is 0.231. The van der Waals surface area contributed by atoms with E-state index in [0.29, 0.717) is 23.1 Å². The Bertz CT molecular complexity index is 556. The highest BCUT2D eigenvalue weighted by Gasteiger charge is 2.11. The van der Waals surface area contributed by atoms with Gasteiger partial charge in [0.15, 0.2) is 0 Å². The molecule has 0 radical (unpaired) electrons.